The van der Waals surface area contributed by atoms with Gasteiger partial charge in [-0.25, -0.2) is 14.4 Å². The number of carbonyl (C=O) groups excluding carboxylic acids is 2. The summed E-state index contributed by atoms with van der Waals surface area (Å²) in [4.78, 5) is 34.0. The van der Waals surface area contributed by atoms with Crippen molar-refractivity contribution in [1.82, 2.24) is 0 Å². The first-order valence-corrected chi connectivity index (χ1v) is 6.41. The van der Waals surface area contributed by atoms with Crippen molar-refractivity contribution in [2.45, 2.75) is 26.4 Å². The monoisotopic (exact) mass is 301 g/mol. The molecule has 2 N–H and O–H groups in total. The molecule has 110 valence electrons. The lowest BCUT2D eigenvalue weighted by Gasteiger charge is -2.19. The number of ether oxygens (including phenoxy) is 2. The van der Waals surface area contributed by atoms with Crippen molar-refractivity contribution < 1.29 is 29.0 Å². The lowest BCUT2D eigenvalue weighted by Crippen LogP contribution is -2.27. The summed E-state index contributed by atoms with van der Waals surface area (Å²) >= 11 is 0.716. The highest BCUT2D eigenvalue weighted by atomic mass is 32.1. The number of hydrogen-bond acceptors (Lipinski definition) is 6. The van der Waals surface area contributed by atoms with Gasteiger partial charge in [-0.2, -0.15) is 0 Å². The Balaban J connectivity index is 3.01. The fraction of sp³-hybridized carbons (Fsp3) is 0.417. The van der Waals surface area contributed by atoms with Crippen molar-refractivity contribution in [3.8, 4) is 0 Å². The lowest BCUT2D eigenvalue weighted by molar-refractivity contribution is 0.0606. The van der Waals surface area contributed by atoms with Crippen LogP contribution in [-0.2, 0) is 9.47 Å². The number of carboxylic acids is 1. The van der Waals surface area contributed by atoms with E-state index in [9.17, 15) is 14.4 Å². The third-order valence-electron chi connectivity index (χ3n) is 1.95. The zero-order chi connectivity index (χ0) is 15.5. The van der Waals surface area contributed by atoms with Gasteiger partial charge in [-0.15, -0.1) is 11.3 Å². The fourth-order valence-corrected chi connectivity index (χ4v) is 2.12. The molecule has 0 spiro atoms. The maximum Gasteiger partial charge on any atom is 0.412 e. The molecule has 0 unspecified atom stereocenters. The molecule has 8 heteroatoms. The highest BCUT2D eigenvalue weighted by molar-refractivity contribution is 7.16. The molecule has 0 aliphatic rings. The zero-order valence-corrected chi connectivity index (χ0v) is 12.3. The van der Waals surface area contributed by atoms with E-state index in [1.807, 2.05) is 0 Å². The second-order valence-electron chi connectivity index (χ2n) is 4.78. The SMILES string of the molecule is COC(=O)c1sc(C(=O)O)cc1NC(=O)OC(C)(C)C. The van der Waals surface area contributed by atoms with Crippen LogP contribution in [0.5, 0.6) is 0 Å². The van der Waals surface area contributed by atoms with Gasteiger partial charge in [0.1, 0.15) is 15.4 Å². The highest BCUT2D eigenvalue weighted by Gasteiger charge is 2.23. The van der Waals surface area contributed by atoms with Gasteiger partial charge in [0.25, 0.3) is 0 Å². The number of amides is 1. The topological polar surface area (TPSA) is 102 Å². The van der Waals surface area contributed by atoms with Gasteiger partial charge in [-0.3, -0.25) is 5.32 Å². The average Bonchev–Trinajstić information content (AvgIpc) is 2.69. The summed E-state index contributed by atoms with van der Waals surface area (Å²) in [5.41, 5.74) is -0.658. The Morgan fingerprint density at radius 3 is 2.35 bits per heavy atom. The average molecular weight is 301 g/mol. The van der Waals surface area contributed by atoms with Gasteiger partial charge in [-0.05, 0) is 26.8 Å². The summed E-state index contributed by atoms with van der Waals surface area (Å²) in [6, 6.07) is 1.18. The Hall–Kier alpha value is -2.09. The smallest absolute Gasteiger partial charge is 0.412 e. The van der Waals surface area contributed by atoms with Crippen LogP contribution in [-0.4, -0.2) is 35.8 Å². The number of nitrogens with one attached hydrogen (secondary N) is 1. The molecular weight excluding hydrogens is 286 g/mol. The van der Waals surface area contributed by atoms with Crippen LogP contribution in [0.25, 0.3) is 0 Å². The van der Waals surface area contributed by atoms with Crippen LogP contribution in [0.2, 0.25) is 0 Å². The van der Waals surface area contributed by atoms with E-state index in [1.54, 1.807) is 20.8 Å². The maximum atomic E-state index is 11.6. The summed E-state index contributed by atoms with van der Waals surface area (Å²) in [6.45, 7) is 5.05. The molecule has 1 aromatic rings. The fourth-order valence-electron chi connectivity index (χ4n) is 1.25. The van der Waals surface area contributed by atoms with Crippen LogP contribution in [0.4, 0.5) is 10.5 Å². The van der Waals surface area contributed by atoms with Crippen LogP contribution in [0.15, 0.2) is 6.07 Å². The van der Waals surface area contributed by atoms with Gasteiger partial charge >= 0.3 is 18.0 Å². The third kappa shape index (κ3) is 4.23. The molecular formula is C12H15NO6S. The Labute approximate surface area is 119 Å². The molecule has 0 aliphatic heterocycles. The van der Waals surface area contributed by atoms with E-state index in [0.29, 0.717) is 11.3 Å². The number of aromatic carboxylic acids is 1. The summed E-state index contributed by atoms with van der Waals surface area (Å²) < 4.78 is 9.57. The minimum atomic E-state index is -1.20. The molecule has 20 heavy (non-hydrogen) atoms. The van der Waals surface area contributed by atoms with Crippen molar-refractivity contribution in [1.29, 1.82) is 0 Å². The molecule has 1 aromatic heterocycles. The van der Waals surface area contributed by atoms with Crippen LogP contribution >= 0.6 is 11.3 Å². The first-order valence-electron chi connectivity index (χ1n) is 5.59. The number of carbonyl (C=O) groups is 3. The number of rotatable bonds is 3. The van der Waals surface area contributed by atoms with Crippen molar-refractivity contribution in [2.75, 3.05) is 12.4 Å². The van der Waals surface area contributed by atoms with Gasteiger partial charge in [-0.1, -0.05) is 0 Å². The molecule has 1 rings (SSSR count). The van der Waals surface area contributed by atoms with Gasteiger partial charge in [0.05, 0.1) is 12.8 Å². The number of hydrogen-bond donors (Lipinski definition) is 2. The predicted octanol–water partition coefficient (Wildman–Crippen LogP) is 2.58. The first-order chi connectivity index (χ1) is 9.14. The Morgan fingerprint density at radius 2 is 1.90 bits per heavy atom. The third-order valence-corrected chi connectivity index (χ3v) is 3.05. The lowest BCUT2D eigenvalue weighted by atomic mass is 10.2. The van der Waals surface area contributed by atoms with Gasteiger partial charge in [0.2, 0.25) is 0 Å². The van der Waals surface area contributed by atoms with E-state index in [2.05, 4.69) is 10.1 Å². The van der Waals surface area contributed by atoms with Crippen LogP contribution < -0.4 is 5.32 Å². The van der Waals surface area contributed by atoms with Crippen LogP contribution in [0, 0.1) is 0 Å². The second kappa shape index (κ2) is 5.91. The number of carboxylic acid groups (broad SMARTS) is 1. The summed E-state index contributed by atoms with van der Waals surface area (Å²) in [7, 11) is 1.17. The molecule has 0 fully saturated rings. The number of esters is 1. The second-order valence-corrected chi connectivity index (χ2v) is 5.83. The summed E-state index contributed by atoms with van der Waals surface area (Å²) in [5, 5.41) is 11.3. The van der Waals surface area contributed by atoms with Crippen molar-refractivity contribution in [3.05, 3.63) is 15.8 Å². The van der Waals surface area contributed by atoms with Crippen LogP contribution in [0.1, 0.15) is 40.1 Å². The van der Waals surface area contributed by atoms with E-state index in [0.717, 1.165) is 0 Å². The van der Waals surface area contributed by atoms with Gasteiger partial charge < -0.3 is 14.6 Å². The molecule has 7 nitrogen and oxygen atoms in total. The molecule has 0 bridgehead atoms. The molecule has 1 heterocycles. The first kappa shape index (κ1) is 16.0. The van der Waals surface area contributed by atoms with Crippen molar-refractivity contribution >= 4 is 35.1 Å². The predicted molar refractivity (Wildman–Crippen MR) is 72.5 cm³/mol. The Bertz CT molecular complexity index is 543. The zero-order valence-electron chi connectivity index (χ0n) is 11.5. The normalized spacial score (nSPS) is 10.8. The van der Waals surface area contributed by atoms with E-state index in [1.165, 1.54) is 13.2 Å². The van der Waals surface area contributed by atoms with Gasteiger partial charge in [0.15, 0.2) is 0 Å². The van der Waals surface area contributed by atoms with Crippen LogP contribution in [0.3, 0.4) is 0 Å². The van der Waals surface area contributed by atoms with E-state index in [4.69, 9.17) is 9.84 Å². The molecule has 1 amide bonds. The number of anilines is 1. The number of methoxy groups -OCH3 is 1. The van der Waals surface area contributed by atoms with Crippen molar-refractivity contribution in [2.24, 2.45) is 0 Å². The maximum absolute atomic E-state index is 11.6. The summed E-state index contributed by atoms with van der Waals surface area (Å²) in [5.74, 6) is -1.93. The minimum absolute atomic E-state index is 0.00393. The number of thiophene rings is 1. The standard InChI is InChI=1S/C12H15NO6S/c1-12(2,3)19-11(17)13-6-5-7(9(14)15)20-8(6)10(16)18-4/h5H,1-4H3,(H,13,17)(H,14,15). The molecule has 0 aliphatic carbocycles. The molecule has 0 radical (unpaired) electrons. The summed E-state index contributed by atoms with van der Waals surface area (Å²) in [6.07, 6.45) is -0.780. The van der Waals surface area contributed by atoms with Gasteiger partial charge in [0, 0.05) is 0 Å². The van der Waals surface area contributed by atoms with Crippen molar-refractivity contribution in [3.63, 3.8) is 0 Å². The van der Waals surface area contributed by atoms with E-state index in [-0.39, 0.29) is 15.4 Å². The molecule has 0 saturated carbocycles. The molecule has 0 saturated heterocycles. The molecule has 0 atom stereocenters. The largest absolute Gasteiger partial charge is 0.477 e. The highest BCUT2D eigenvalue weighted by Crippen LogP contribution is 2.28. The van der Waals surface area contributed by atoms with E-state index >= 15 is 0 Å². The molecule has 0 aromatic carbocycles. The minimum Gasteiger partial charge on any atom is -0.477 e. The quantitative estimate of drug-likeness (QED) is 0.832. The van der Waals surface area contributed by atoms with E-state index < -0.39 is 23.6 Å². The Morgan fingerprint density at radius 1 is 1.30 bits per heavy atom. The Kier molecular flexibility index (Phi) is 4.72.